The number of rotatable bonds is 24. The Morgan fingerprint density at radius 2 is 1.12 bits per heavy atom. The average molecular weight is 478 g/mol. The van der Waals surface area contributed by atoms with Gasteiger partial charge in [-0.05, 0) is 38.5 Å². The molecule has 0 spiro atoms. The molecule has 0 bridgehead atoms. The Morgan fingerprint density at radius 3 is 1.59 bits per heavy atom. The maximum absolute atomic E-state index is 11.4. The van der Waals surface area contributed by atoms with Gasteiger partial charge in [0.1, 0.15) is 0 Å². The molecule has 0 aliphatic heterocycles. The van der Waals surface area contributed by atoms with Crippen molar-refractivity contribution < 1.29 is 15.0 Å². The first-order valence-electron chi connectivity index (χ1n) is 14.2. The van der Waals surface area contributed by atoms with E-state index in [2.05, 4.69) is 36.5 Å². The van der Waals surface area contributed by atoms with E-state index in [0.717, 1.165) is 25.7 Å². The number of amides is 1. The summed E-state index contributed by atoms with van der Waals surface area (Å²) >= 11 is 0. The van der Waals surface area contributed by atoms with Crippen LogP contribution in [0.5, 0.6) is 0 Å². The quantitative estimate of drug-likeness (QED) is 0.0992. The van der Waals surface area contributed by atoms with E-state index in [1.54, 1.807) is 13.0 Å². The van der Waals surface area contributed by atoms with E-state index in [9.17, 15) is 15.0 Å². The van der Waals surface area contributed by atoms with Crippen molar-refractivity contribution in [3.63, 3.8) is 0 Å². The van der Waals surface area contributed by atoms with Crippen LogP contribution in [0.25, 0.3) is 0 Å². The van der Waals surface area contributed by atoms with Gasteiger partial charge in [-0.25, -0.2) is 0 Å². The number of carbonyl (C=O) groups is 1. The van der Waals surface area contributed by atoms with E-state index in [0.29, 0.717) is 6.42 Å². The predicted molar refractivity (Wildman–Crippen MR) is 147 cm³/mol. The van der Waals surface area contributed by atoms with Crippen LogP contribution in [0.4, 0.5) is 0 Å². The van der Waals surface area contributed by atoms with Crippen molar-refractivity contribution >= 4 is 5.91 Å². The van der Waals surface area contributed by atoms with Crippen LogP contribution in [0.15, 0.2) is 36.5 Å². The molecule has 34 heavy (non-hydrogen) atoms. The van der Waals surface area contributed by atoms with Crippen molar-refractivity contribution in [1.82, 2.24) is 5.32 Å². The lowest BCUT2D eigenvalue weighted by Gasteiger charge is -2.19. The number of unbranched alkanes of at least 4 members (excludes halogenated alkanes) is 14. The number of aliphatic hydroxyl groups is 2. The van der Waals surface area contributed by atoms with Crippen molar-refractivity contribution in [3.8, 4) is 0 Å². The summed E-state index contributed by atoms with van der Waals surface area (Å²) < 4.78 is 0. The van der Waals surface area contributed by atoms with Gasteiger partial charge < -0.3 is 15.5 Å². The number of aliphatic hydroxyl groups excluding tert-OH is 2. The highest BCUT2D eigenvalue weighted by atomic mass is 16.3. The number of hydrogen-bond acceptors (Lipinski definition) is 3. The second-order valence-corrected chi connectivity index (χ2v) is 9.40. The van der Waals surface area contributed by atoms with Crippen LogP contribution in [-0.2, 0) is 4.79 Å². The van der Waals surface area contributed by atoms with E-state index in [1.807, 2.05) is 6.08 Å². The molecule has 0 aliphatic rings. The third-order valence-corrected chi connectivity index (χ3v) is 6.17. The van der Waals surface area contributed by atoms with Gasteiger partial charge in [-0.2, -0.15) is 0 Å². The summed E-state index contributed by atoms with van der Waals surface area (Å²) in [5.41, 5.74) is 0. The zero-order valence-corrected chi connectivity index (χ0v) is 22.4. The monoisotopic (exact) mass is 477 g/mol. The molecule has 2 atom stereocenters. The Balaban J connectivity index is 3.50. The Labute approximate surface area is 211 Å². The van der Waals surface area contributed by atoms with Crippen LogP contribution in [0.2, 0.25) is 0 Å². The Hall–Kier alpha value is -1.39. The van der Waals surface area contributed by atoms with Gasteiger partial charge in [-0.15, -0.1) is 0 Å². The van der Waals surface area contributed by atoms with Crippen LogP contribution < -0.4 is 5.32 Å². The minimum atomic E-state index is -0.861. The molecular formula is C30H55NO3. The van der Waals surface area contributed by atoms with Gasteiger partial charge in [-0.3, -0.25) is 4.79 Å². The summed E-state index contributed by atoms with van der Waals surface area (Å²) in [7, 11) is 0. The Kier molecular flexibility index (Phi) is 25.1. The fourth-order valence-corrected chi connectivity index (χ4v) is 3.88. The molecule has 0 fully saturated rings. The van der Waals surface area contributed by atoms with Gasteiger partial charge in [0, 0.05) is 6.42 Å². The zero-order chi connectivity index (χ0) is 25.1. The van der Waals surface area contributed by atoms with E-state index >= 15 is 0 Å². The summed E-state index contributed by atoms with van der Waals surface area (Å²) in [6.45, 7) is 3.75. The SMILES string of the molecule is CCCCCCCCCCCCCC/C=C/CC/C=C/CC/C=C/C(O)C(CO)NC(=O)CC. The first-order valence-corrected chi connectivity index (χ1v) is 14.2. The lowest BCUT2D eigenvalue weighted by Crippen LogP contribution is -2.44. The van der Waals surface area contributed by atoms with Crippen LogP contribution >= 0.6 is 0 Å². The molecule has 0 saturated carbocycles. The predicted octanol–water partition coefficient (Wildman–Crippen LogP) is 7.55. The molecule has 1 amide bonds. The Bertz CT molecular complexity index is 527. The third-order valence-electron chi connectivity index (χ3n) is 6.17. The molecule has 0 rings (SSSR count). The van der Waals surface area contributed by atoms with Crippen molar-refractivity contribution in [2.75, 3.05) is 6.61 Å². The summed E-state index contributed by atoms with van der Waals surface area (Å²) in [6, 6.07) is -0.638. The maximum atomic E-state index is 11.4. The van der Waals surface area contributed by atoms with Gasteiger partial charge >= 0.3 is 0 Å². The fraction of sp³-hybridized carbons (Fsp3) is 0.767. The molecule has 0 aromatic carbocycles. The van der Waals surface area contributed by atoms with Crippen molar-refractivity contribution in [2.24, 2.45) is 0 Å². The summed E-state index contributed by atoms with van der Waals surface area (Å²) in [5.74, 6) is -0.169. The summed E-state index contributed by atoms with van der Waals surface area (Å²) in [4.78, 5) is 11.4. The van der Waals surface area contributed by atoms with E-state index < -0.39 is 12.1 Å². The van der Waals surface area contributed by atoms with Gasteiger partial charge in [0.05, 0.1) is 18.8 Å². The van der Waals surface area contributed by atoms with Crippen LogP contribution in [0.3, 0.4) is 0 Å². The first-order chi connectivity index (χ1) is 16.7. The minimum Gasteiger partial charge on any atom is -0.394 e. The fourth-order valence-electron chi connectivity index (χ4n) is 3.88. The summed E-state index contributed by atoms with van der Waals surface area (Å²) in [6.07, 6.45) is 34.1. The highest BCUT2D eigenvalue weighted by Crippen LogP contribution is 2.12. The molecule has 198 valence electrons. The van der Waals surface area contributed by atoms with Gasteiger partial charge in [0.2, 0.25) is 5.91 Å². The lowest BCUT2D eigenvalue weighted by atomic mass is 10.0. The second-order valence-electron chi connectivity index (χ2n) is 9.40. The van der Waals surface area contributed by atoms with E-state index in [1.165, 1.54) is 83.5 Å². The van der Waals surface area contributed by atoms with Crippen molar-refractivity contribution in [3.05, 3.63) is 36.5 Å². The molecule has 0 radical (unpaired) electrons. The highest BCUT2D eigenvalue weighted by Gasteiger charge is 2.16. The van der Waals surface area contributed by atoms with E-state index in [4.69, 9.17) is 0 Å². The van der Waals surface area contributed by atoms with Gasteiger partial charge in [0.15, 0.2) is 0 Å². The van der Waals surface area contributed by atoms with Gasteiger partial charge in [-0.1, -0.05) is 121 Å². The molecule has 3 N–H and O–H groups in total. The Morgan fingerprint density at radius 1 is 0.676 bits per heavy atom. The molecule has 2 unspecified atom stereocenters. The molecule has 0 aromatic heterocycles. The third kappa shape index (κ3) is 22.4. The molecule has 0 saturated heterocycles. The molecular weight excluding hydrogens is 422 g/mol. The molecule has 0 aromatic rings. The zero-order valence-electron chi connectivity index (χ0n) is 22.4. The average Bonchev–Trinajstić information content (AvgIpc) is 2.85. The van der Waals surface area contributed by atoms with Crippen LogP contribution in [0.1, 0.15) is 129 Å². The molecule has 0 aliphatic carbocycles. The largest absolute Gasteiger partial charge is 0.394 e. The minimum absolute atomic E-state index is 0.169. The standard InChI is InChI=1S/C30H55NO3/c1-3-5-6-7-8-9-10-11-12-13-14-15-16-17-18-19-20-21-22-23-24-25-26-29(33)28(27-32)31-30(34)4-2/h17-18,21-22,25-26,28-29,32-33H,3-16,19-20,23-24,27H2,1-2H3,(H,31,34)/b18-17+,22-21+,26-25+. The normalized spacial score (nSPS) is 13.9. The van der Waals surface area contributed by atoms with Crippen LogP contribution in [-0.4, -0.2) is 34.9 Å². The first kappa shape index (κ1) is 32.6. The number of carbonyl (C=O) groups excluding carboxylic acids is 1. The lowest BCUT2D eigenvalue weighted by molar-refractivity contribution is -0.122. The molecule has 4 nitrogen and oxygen atoms in total. The number of hydrogen-bond donors (Lipinski definition) is 3. The van der Waals surface area contributed by atoms with Crippen molar-refractivity contribution in [1.29, 1.82) is 0 Å². The second kappa shape index (κ2) is 26.2. The highest BCUT2D eigenvalue weighted by molar-refractivity contribution is 5.75. The smallest absolute Gasteiger partial charge is 0.220 e. The van der Waals surface area contributed by atoms with Crippen molar-refractivity contribution in [2.45, 2.75) is 142 Å². The maximum Gasteiger partial charge on any atom is 0.220 e. The van der Waals surface area contributed by atoms with Crippen LogP contribution in [0, 0.1) is 0 Å². The molecule has 0 heterocycles. The topological polar surface area (TPSA) is 69.6 Å². The molecule has 4 heteroatoms. The van der Waals surface area contributed by atoms with Gasteiger partial charge in [0.25, 0.3) is 0 Å². The summed E-state index contributed by atoms with van der Waals surface area (Å²) in [5, 5.41) is 21.9. The van der Waals surface area contributed by atoms with E-state index in [-0.39, 0.29) is 12.5 Å². The number of allylic oxidation sites excluding steroid dienone is 5. The number of nitrogens with one attached hydrogen (secondary N) is 1.